The van der Waals surface area contributed by atoms with E-state index < -0.39 is 0 Å². The minimum absolute atomic E-state index is 0.373. The molecule has 8 heteroatoms. The van der Waals surface area contributed by atoms with Crippen LogP contribution < -0.4 is 0 Å². The fraction of sp³-hybridized carbons (Fsp3) is 0.471. The maximum absolute atomic E-state index is 9.52. The van der Waals surface area contributed by atoms with Gasteiger partial charge in [0.1, 0.15) is 6.07 Å². The molecule has 0 aromatic carbocycles. The minimum Gasteiger partial charge on any atom is -0.383 e. The standard InChI is InChI=1S/C17H22N6O2/c1-13(22-4-8-25-9-5-22)17-20-15(10-18)16(21(17)2)14-11-19-23(12-14)6-7-24-3/h11-12H,1,4-9H2,2-3H3. The predicted molar refractivity (Wildman–Crippen MR) is 92.4 cm³/mol. The summed E-state index contributed by atoms with van der Waals surface area (Å²) in [5, 5.41) is 13.8. The van der Waals surface area contributed by atoms with Crippen LogP contribution in [0.25, 0.3) is 17.0 Å². The molecule has 25 heavy (non-hydrogen) atoms. The van der Waals surface area contributed by atoms with Crippen molar-refractivity contribution in [3.8, 4) is 17.3 Å². The van der Waals surface area contributed by atoms with E-state index >= 15 is 0 Å². The first-order valence-corrected chi connectivity index (χ1v) is 8.16. The largest absolute Gasteiger partial charge is 0.383 e. The van der Waals surface area contributed by atoms with Gasteiger partial charge in [0, 0.05) is 39.0 Å². The van der Waals surface area contributed by atoms with Gasteiger partial charge in [-0.05, 0) is 0 Å². The van der Waals surface area contributed by atoms with Crippen molar-refractivity contribution in [1.82, 2.24) is 24.2 Å². The van der Waals surface area contributed by atoms with Gasteiger partial charge in [-0.2, -0.15) is 10.4 Å². The number of nitriles is 1. The first-order valence-electron chi connectivity index (χ1n) is 8.16. The zero-order valence-corrected chi connectivity index (χ0v) is 14.6. The Morgan fingerprint density at radius 1 is 1.44 bits per heavy atom. The smallest absolute Gasteiger partial charge is 0.167 e. The SMILES string of the molecule is C=C(c1nc(C#N)c(-c2cnn(CCOC)c2)n1C)N1CCOCC1. The van der Waals surface area contributed by atoms with Crippen LogP contribution in [-0.2, 0) is 23.1 Å². The molecule has 8 nitrogen and oxygen atoms in total. The van der Waals surface area contributed by atoms with E-state index in [-0.39, 0.29) is 0 Å². The third kappa shape index (κ3) is 3.43. The van der Waals surface area contributed by atoms with Gasteiger partial charge in [-0.25, -0.2) is 4.98 Å². The van der Waals surface area contributed by atoms with Crippen LogP contribution in [0.3, 0.4) is 0 Å². The fourth-order valence-electron chi connectivity index (χ4n) is 2.93. The van der Waals surface area contributed by atoms with E-state index in [4.69, 9.17) is 9.47 Å². The summed E-state index contributed by atoms with van der Waals surface area (Å²) < 4.78 is 14.2. The van der Waals surface area contributed by atoms with E-state index in [0.717, 1.165) is 30.0 Å². The van der Waals surface area contributed by atoms with Crippen LogP contribution in [0, 0.1) is 11.3 Å². The molecule has 0 unspecified atom stereocenters. The van der Waals surface area contributed by atoms with E-state index in [0.29, 0.717) is 37.9 Å². The summed E-state index contributed by atoms with van der Waals surface area (Å²) >= 11 is 0. The zero-order valence-electron chi connectivity index (χ0n) is 14.6. The number of ether oxygens (including phenoxy) is 2. The van der Waals surface area contributed by atoms with Crippen LogP contribution in [0.1, 0.15) is 11.5 Å². The highest BCUT2D eigenvalue weighted by Gasteiger charge is 2.22. The third-order valence-electron chi connectivity index (χ3n) is 4.28. The van der Waals surface area contributed by atoms with Crippen molar-refractivity contribution in [2.24, 2.45) is 7.05 Å². The lowest BCUT2D eigenvalue weighted by Crippen LogP contribution is -2.35. The van der Waals surface area contributed by atoms with Gasteiger partial charge in [-0.3, -0.25) is 4.68 Å². The number of rotatable bonds is 6. The van der Waals surface area contributed by atoms with Gasteiger partial charge in [0.2, 0.25) is 0 Å². The van der Waals surface area contributed by atoms with Crippen molar-refractivity contribution in [1.29, 1.82) is 5.26 Å². The van der Waals surface area contributed by atoms with Gasteiger partial charge in [-0.1, -0.05) is 6.58 Å². The monoisotopic (exact) mass is 342 g/mol. The average molecular weight is 342 g/mol. The minimum atomic E-state index is 0.373. The highest BCUT2D eigenvalue weighted by atomic mass is 16.5. The molecule has 0 spiro atoms. The van der Waals surface area contributed by atoms with Gasteiger partial charge < -0.3 is 18.9 Å². The number of nitrogens with zero attached hydrogens (tertiary/aromatic N) is 6. The van der Waals surface area contributed by atoms with Crippen molar-refractivity contribution < 1.29 is 9.47 Å². The first kappa shape index (κ1) is 17.2. The van der Waals surface area contributed by atoms with Crippen molar-refractivity contribution in [3.05, 3.63) is 30.5 Å². The summed E-state index contributed by atoms with van der Waals surface area (Å²) in [5.74, 6) is 0.693. The highest BCUT2D eigenvalue weighted by molar-refractivity contribution is 5.69. The van der Waals surface area contributed by atoms with Crippen molar-refractivity contribution >= 4 is 5.70 Å². The Morgan fingerprint density at radius 3 is 2.88 bits per heavy atom. The van der Waals surface area contributed by atoms with Gasteiger partial charge in [0.25, 0.3) is 0 Å². The van der Waals surface area contributed by atoms with E-state index in [9.17, 15) is 5.26 Å². The summed E-state index contributed by atoms with van der Waals surface area (Å²) in [6.45, 7) is 8.31. The number of aromatic nitrogens is 4. The Bertz CT molecular complexity index is 795. The summed E-state index contributed by atoms with van der Waals surface area (Å²) in [6, 6.07) is 2.19. The Labute approximate surface area is 146 Å². The lowest BCUT2D eigenvalue weighted by molar-refractivity contribution is 0.0637. The number of hydrogen-bond donors (Lipinski definition) is 0. The maximum Gasteiger partial charge on any atom is 0.167 e. The lowest BCUT2D eigenvalue weighted by atomic mass is 10.2. The molecule has 0 amide bonds. The number of morpholine rings is 1. The van der Waals surface area contributed by atoms with Crippen LogP contribution in [0.4, 0.5) is 0 Å². The Balaban J connectivity index is 1.92. The molecule has 132 valence electrons. The summed E-state index contributed by atoms with van der Waals surface area (Å²) in [7, 11) is 3.56. The molecule has 2 aromatic rings. The molecular formula is C17H22N6O2. The van der Waals surface area contributed by atoms with E-state index in [1.54, 1.807) is 18.0 Å². The summed E-state index contributed by atoms with van der Waals surface area (Å²) in [4.78, 5) is 6.65. The van der Waals surface area contributed by atoms with Gasteiger partial charge in [0.15, 0.2) is 11.5 Å². The quantitative estimate of drug-likeness (QED) is 0.782. The molecule has 3 rings (SSSR count). The molecule has 0 aliphatic carbocycles. The summed E-state index contributed by atoms with van der Waals surface area (Å²) in [5.41, 5.74) is 2.78. The summed E-state index contributed by atoms with van der Waals surface area (Å²) in [6.07, 6.45) is 3.65. The zero-order chi connectivity index (χ0) is 17.8. The Morgan fingerprint density at radius 2 is 2.20 bits per heavy atom. The van der Waals surface area contributed by atoms with Gasteiger partial charge >= 0.3 is 0 Å². The second-order valence-corrected chi connectivity index (χ2v) is 5.83. The first-order chi connectivity index (χ1) is 12.2. The van der Waals surface area contributed by atoms with Crippen LogP contribution >= 0.6 is 0 Å². The molecule has 0 atom stereocenters. The van der Waals surface area contributed by atoms with Crippen LogP contribution in [0.5, 0.6) is 0 Å². The number of methoxy groups -OCH3 is 1. The molecule has 2 aromatic heterocycles. The molecule has 1 fully saturated rings. The molecule has 0 saturated carbocycles. The average Bonchev–Trinajstić information content (AvgIpc) is 3.23. The van der Waals surface area contributed by atoms with Crippen LogP contribution in [-0.4, -0.2) is 64.3 Å². The molecule has 1 aliphatic rings. The topological polar surface area (TPSA) is 81.1 Å². The van der Waals surface area contributed by atoms with E-state index in [2.05, 4.69) is 27.6 Å². The maximum atomic E-state index is 9.52. The Hall–Kier alpha value is -2.63. The molecule has 0 N–H and O–H groups in total. The van der Waals surface area contributed by atoms with E-state index in [1.165, 1.54) is 0 Å². The van der Waals surface area contributed by atoms with Crippen LogP contribution in [0.2, 0.25) is 0 Å². The number of imidazole rings is 1. The van der Waals surface area contributed by atoms with Crippen molar-refractivity contribution in [3.63, 3.8) is 0 Å². The molecule has 0 bridgehead atoms. The van der Waals surface area contributed by atoms with Crippen molar-refractivity contribution in [2.45, 2.75) is 6.54 Å². The normalized spacial score (nSPS) is 14.5. The number of hydrogen-bond acceptors (Lipinski definition) is 6. The fourth-order valence-corrected chi connectivity index (χ4v) is 2.93. The van der Waals surface area contributed by atoms with Crippen LogP contribution in [0.15, 0.2) is 19.0 Å². The second-order valence-electron chi connectivity index (χ2n) is 5.83. The predicted octanol–water partition coefficient (Wildman–Crippen LogP) is 1.10. The molecule has 1 saturated heterocycles. The molecule has 3 heterocycles. The van der Waals surface area contributed by atoms with Crippen molar-refractivity contribution in [2.75, 3.05) is 40.0 Å². The highest BCUT2D eigenvalue weighted by Crippen LogP contribution is 2.27. The lowest BCUT2D eigenvalue weighted by Gasteiger charge is -2.30. The second kappa shape index (κ2) is 7.51. The molecular weight excluding hydrogens is 320 g/mol. The van der Waals surface area contributed by atoms with Gasteiger partial charge in [0.05, 0.1) is 44.0 Å². The third-order valence-corrected chi connectivity index (χ3v) is 4.28. The van der Waals surface area contributed by atoms with Gasteiger partial charge in [-0.15, -0.1) is 0 Å². The molecule has 0 radical (unpaired) electrons. The van der Waals surface area contributed by atoms with E-state index in [1.807, 2.05) is 17.8 Å². The molecule has 1 aliphatic heterocycles. The Kier molecular flexibility index (Phi) is 5.16.